The van der Waals surface area contributed by atoms with Crippen molar-refractivity contribution in [1.82, 2.24) is 5.32 Å². The van der Waals surface area contributed by atoms with Gasteiger partial charge in [-0.15, -0.1) is 0 Å². The lowest BCUT2D eigenvalue weighted by Crippen LogP contribution is -2.23. The van der Waals surface area contributed by atoms with Crippen molar-refractivity contribution in [3.8, 4) is 0 Å². The Kier molecular flexibility index (Phi) is 4.64. The normalized spacial score (nSPS) is 12.4. The number of anilines is 1. The first-order chi connectivity index (χ1) is 13.1. The molecule has 0 saturated carbocycles. The summed E-state index contributed by atoms with van der Waals surface area (Å²) >= 11 is 1.48. The van der Waals surface area contributed by atoms with Crippen molar-refractivity contribution in [2.24, 2.45) is 0 Å². The second kappa shape index (κ2) is 7.25. The van der Waals surface area contributed by atoms with E-state index in [0.29, 0.717) is 22.4 Å². The monoisotopic (exact) mass is 378 g/mol. The van der Waals surface area contributed by atoms with E-state index in [-0.39, 0.29) is 24.2 Å². The zero-order valence-electron chi connectivity index (χ0n) is 14.2. The molecule has 134 valence electrons. The highest BCUT2D eigenvalue weighted by Gasteiger charge is 2.20. The second-order valence-electron chi connectivity index (χ2n) is 6.04. The molecule has 27 heavy (non-hydrogen) atoms. The smallest absolute Gasteiger partial charge is 0.256 e. The van der Waals surface area contributed by atoms with Crippen LogP contribution >= 0.6 is 11.8 Å². The van der Waals surface area contributed by atoms with Gasteiger partial charge in [-0.2, -0.15) is 0 Å². The molecule has 2 N–H and O–H groups in total. The molecule has 1 aliphatic rings. The standard InChI is InChI=1S/C21H15FN2O2S/c22-16-7-3-1-5-14(16)12-23-20(25)13-9-10-19-17(11-13)24-21(26)15-6-2-4-8-18(15)27-19/h1-11H,12H2,(H,23,25)(H,24,26). The van der Waals surface area contributed by atoms with Crippen molar-refractivity contribution in [2.75, 3.05) is 5.32 Å². The predicted molar refractivity (Wildman–Crippen MR) is 103 cm³/mol. The third-order valence-electron chi connectivity index (χ3n) is 4.24. The zero-order valence-corrected chi connectivity index (χ0v) is 15.0. The van der Waals surface area contributed by atoms with Crippen molar-refractivity contribution >= 4 is 29.3 Å². The van der Waals surface area contributed by atoms with Crippen LogP contribution in [0.5, 0.6) is 0 Å². The summed E-state index contributed by atoms with van der Waals surface area (Å²) in [4.78, 5) is 26.6. The van der Waals surface area contributed by atoms with E-state index in [4.69, 9.17) is 0 Å². The Morgan fingerprint density at radius 2 is 1.78 bits per heavy atom. The molecule has 0 bridgehead atoms. The average Bonchev–Trinajstić information content (AvgIpc) is 2.82. The van der Waals surface area contributed by atoms with Crippen molar-refractivity contribution in [3.05, 3.63) is 89.2 Å². The minimum Gasteiger partial charge on any atom is -0.348 e. The summed E-state index contributed by atoms with van der Waals surface area (Å²) in [6.45, 7) is 0.0924. The van der Waals surface area contributed by atoms with Gasteiger partial charge in [0.05, 0.1) is 11.3 Å². The maximum absolute atomic E-state index is 13.7. The number of carbonyl (C=O) groups excluding carboxylic acids is 2. The van der Waals surface area contributed by atoms with Crippen molar-refractivity contribution in [3.63, 3.8) is 0 Å². The van der Waals surface area contributed by atoms with Crippen LogP contribution in [-0.2, 0) is 6.54 Å². The fourth-order valence-electron chi connectivity index (χ4n) is 2.83. The minimum atomic E-state index is -0.360. The average molecular weight is 378 g/mol. The number of rotatable bonds is 3. The maximum Gasteiger partial charge on any atom is 0.256 e. The molecule has 2 amide bonds. The summed E-state index contributed by atoms with van der Waals surface area (Å²) in [5.74, 6) is -0.899. The van der Waals surface area contributed by atoms with Gasteiger partial charge in [-0.3, -0.25) is 9.59 Å². The number of amides is 2. The lowest BCUT2D eigenvalue weighted by atomic mass is 10.1. The van der Waals surface area contributed by atoms with Gasteiger partial charge in [-0.25, -0.2) is 4.39 Å². The topological polar surface area (TPSA) is 58.2 Å². The Morgan fingerprint density at radius 1 is 1.00 bits per heavy atom. The van der Waals surface area contributed by atoms with Crippen LogP contribution in [0.15, 0.2) is 76.5 Å². The van der Waals surface area contributed by atoms with E-state index in [2.05, 4.69) is 10.6 Å². The van der Waals surface area contributed by atoms with Crippen LogP contribution in [0.1, 0.15) is 26.3 Å². The van der Waals surface area contributed by atoms with E-state index in [9.17, 15) is 14.0 Å². The molecule has 0 aliphatic carbocycles. The molecule has 0 spiro atoms. The quantitative estimate of drug-likeness (QED) is 0.707. The number of hydrogen-bond donors (Lipinski definition) is 2. The van der Waals surface area contributed by atoms with Gasteiger partial charge in [0, 0.05) is 27.5 Å². The molecule has 4 nitrogen and oxygen atoms in total. The van der Waals surface area contributed by atoms with E-state index in [1.54, 1.807) is 42.5 Å². The van der Waals surface area contributed by atoms with Crippen LogP contribution in [0.4, 0.5) is 10.1 Å². The number of hydrogen-bond acceptors (Lipinski definition) is 3. The van der Waals surface area contributed by atoms with Gasteiger partial charge in [0.2, 0.25) is 0 Å². The van der Waals surface area contributed by atoms with Gasteiger partial charge in [0.15, 0.2) is 0 Å². The summed E-state index contributed by atoms with van der Waals surface area (Å²) in [5, 5.41) is 5.57. The molecular weight excluding hydrogens is 363 g/mol. The summed E-state index contributed by atoms with van der Waals surface area (Å²) in [7, 11) is 0. The second-order valence-corrected chi connectivity index (χ2v) is 7.12. The number of halogens is 1. The third-order valence-corrected chi connectivity index (χ3v) is 5.39. The molecule has 0 unspecified atom stereocenters. The Balaban J connectivity index is 1.55. The molecule has 0 atom stereocenters. The fourth-order valence-corrected chi connectivity index (χ4v) is 3.84. The van der Waals surface area contributed by atoms with Crippen LogP contribution in [0, 0.1) is 5.82 Å². The Labute approximate surface area is 159 Å². The maximum atomic E-state index is 13.7. The lowest BCUT2D eigenvalue weighted by molar-refractivity contribution is 0.0949. The molecule has 6 heteroatoms. The van der Waals surface area contributed by atoms with E-state index in [0.717, 1.165) is 9.79 Å². The Bertz CT molecular complexity index is 1050. The van der Waals surface area contributed by atoms with E-state index in [1.165, 1.54) is 17.8 Å². The van der Waals surface area contributed by atoms with Gasteiger partial charge in [-0.1, -0.05) is 42.1 Å². The van der Waals surface area contributed by atoms with Crippen LogP contribution < -0.4 is 10.6 Å². The van der Waals surface area contributed by atoms with E-state index in [1.807, 2.05) is 18.2 Å². The summed E-state index contributed by atoms with van der Waals surface area (Å²) in [6, 6.07) is 18.8. The van der Waals surface area contributed by atoms with Gasteiger partial charge in [0.25, 0.3) is 11.8 Å². The first kappa shape index (κ1) is 17.3. The predicted octanol–water partition coefficient (Wildman–Crippen LogP) is 4.47. The molecule has 0 fully saturated rings. The van der Waals surface area contributed by atoms with Crippen LogP contribution in [0.3, 0.4) is 0 Å². The SMILES string of the molecule is O=C(NCc1ccccc1F)c1ccc2c(c1)NC(=O)c1ccccc1S2. The number of carbonyl (C=O) groups is 2. The lowest BCUT2D eigenvalue weighted by Gasteiger charge is -2.10. The van der Waals surface area contributed by atoms with Crippen LogP contribution in [-0.4, -0.2) is 11.8 Å². The first-order valence-corrected chi connectivity index (χ1v) is 9.17. The van der Waals surface area contributed by atoms with Crippen molar-refractivity contribution in [2.45, 2.75) is 16.3 Å². The van der Waals surface area contributed by atoms with Crippen LogP contribution in [0.2, 0.25) is 0 Å². The molecule has 1 aliphatic heterocycles. The number of nitrogens with one attached hydrogen (secondary N) is 2. The third kappa shape index (κ3) is 3.57. The Hall–Kier alpha value is -3.12. The molecule has 4 rings (SSSR count). The van der Waals surface area contributed by atoms with Crippen molar-refractivity contribution in [1.29, 1.82) is 0 Å². The zero-order chi connectivity index (χ0) is 18.8. The van der Waals surface area contributed by atoms with Gasteiger partial charge in [-0.05, 0) is 36.4 Å². The molecule has 3 aromatic carbocycles. The minimum absolute atomic E-state index is 0.0924. The van der Waals surface area contributed by atoms with E-state index >= 15 is 0 Å². The first-order valence-electron chi connectivity index (χ1n) is 8.36. The molecule has 3 aromatic rings. The van der Waals surface area contributed by atoms with E-state index < -0.39 is 0 Å². The highest BCUT2D eigenvalue weighted by molar-refractivity contribution is 7.99. The molecule has 1 heterocycles. The van der Waals surface area contributed by atoms with Crippen LogP contribution in [0.25, 0.3) is 0 Å². The molecular formula is C21H15FN2O2S. The molecule has 0 aromatic heterocycles. The number of fused-ring (bicyclic) bond motifs is 2. The summed E-state index contributed by atoms with van der Waals surface area (Å²) in [6.07, 6.45) is 0. The molecule has 0 radical (unpaired) electrons. The largest absolute Gasteiger partial charge is 0.348 e. The van der Waals surface area contributed by atoms with Gasteiger partial charge in [0.1, 0.15) is 5.82 Å². The Morgan fingerprint density at radius 3 is 2.63 bits per heavy atom. The van der Waals surface area contributed by atoms with Crippen molar-refractivity contribution < 1.29 is 14.0 Å². The van der Waals surface area contributed by atoms with Gasteiger partial charge < -0.3 is 10.6 Å². The highest BCUT2D eigenvalue weighted by atomic mass is 32.2. The summed E-state index contributed by atoms with van der Waals surface area (Å²) in [5.41, 5.74) is 2.00. The highest BCUT2D eigenvalue weighted by Crippen LogP contribution is 2.38. The fraction of sp³-hybridized carbons (Fsp3) is 0.0476. The molecule has 0 saturated heterocycles. The van der Waals surface area contributed by atoms with Gasteiger partial charge >= 0.3 is 0 Å². The summed E-state index contributed by atoms with van der Waals surface area (Å²) < 4.78 is 13.7. The number of benzene rings is 3.